The van der Waals surface area contributed by atoms with Crippen molar-refractivity contribution < 1.29 is 0 Å². The van der Waals surface area contributed by atoms with Crippen molar-refractivity contribution in [3.63, 3.8) is 0 Å². The summed E-state index contributed by atoms with van der Waals surface area (Å²) < 4.78 is 0. The minimum absolute atomic E-state index is 1.05. The van der Waals surface area contributed by atoms with Crippen LogP contribution in [0.15, 0.2) is 5.10 Å². The van der Waals surface area contributed by atoms with Crippen LogP contribution in [0, 0.1) is 0 Å². The lowest BCUT2D eigenvalue weighted by Crippen LogP contribution is -2.37. The van der Waals surface area contributed by atoms with Gasteiger partial charge in [-0.15, -0.1) is 5.53 Å². The fourth-order valence-electron chi connectivity index (χ4n) is 1.75. The summed E-state index contributed by atoms with van der Waals surface area (Å²) in [5.41, 5.74) is 5.63. The molecule has 0 aromatic rings. The summed E-state index contributed by atoms with van der Waals surface area (Å²) in [7, 11) is 0. The predicted molar refractivity (Wildman–Crippen MR) is 64.1 cm³/mol. The van der Waals surface area contributed by atoms with Crippen LogP contribution < -0.4 is 11.1 Å². The SMILES string of the molecule is CCCCCCCCCCN1C=NNN1. The van der Waals surface area contributed by atoms with Crippen molar-refractivity contribution in [3.05, 3.63) is 0 Å². The number of nitrogens with one attached hydrogen (secondary N) is 2. The summed E-state index contributed by atoms with van der Waals surface area (Å²) >= 11 is 0. The molecule has 1 aliphatic heterocycles. The van der Waals surface area contributed by atoms with Crippen molar-refractivity contribution in [1.29, 1.82) is 0 Å². The molecule has 0 fully saturated rings. The summed E-state index contributed by atoms with van der Waals surface area (Å²) in [5.74, 6) is 0. The lowest BCUT2D eigenvalue weighted by molar-refractivity contribution is 0.293. The number of hydrazone groups is 1. The van der Waals surface area contributed by atoms with Crippen LogP contribution in [0.25, 0.3) is 0 Å². The second-order valence-electron chi connectivity index (χ2n) is 4.14. The smallest absolute Gasteiger partial charge is 0.128 e. The number of hydrazine groups is 2. The normalized spacial score (nSPS) is 14.6. The van der Waals surface area contributed by atoms with Crippen molar-refractivity contribution in [1.82, 2.24) is 16.1 Å². The van der Waals surface area contributed by atoms with Gasteiger partial charge in [-0.1, -0.05) is 51.9 Å². The molecule has 4 nitrogen and oxygen atoms in total. The Morgan fingerprint density at radius 3 is 2.27 bits per heavy atom. The van der Waals surface area contributed by atoms with Gasteiger partial charge in [-0.3, -0.25) is 5.01 Å². The first kappa shape index (κ1) is 12.3. The summed E-state index contributed by atoms with van der Waals surface area (Å²) in [6.45, 7) is 3.31. The van der Waals surface area contributed by atoms with Crippen molar-refractivity contribution in [2.24, 2.45) is 5.10 Å². The van der Waals surface area contributed by atoms with E-state index in [2.05, 4.69) is 23.1 Å². The third kappa shape index (κ3) is 6.33. The first-order valence-corrected chi connectivity index (χ1v) is 6.24. The molecule has 0 aromatic carbocycles. The highest BCUT2D eigenvalue weighted by Crippen LogP contribution is 2.08. The molecule has 0 aliphatic carbocycles. The Morgan fingerprint density at radius 1 is 1.00 bits per heavy atom. The van der Waals surface area contributed by atoms with Gasteiger partial charge < -0.3 is 0 Å². The summed E-state index contributed by atoms with van der Waals surface area (Å²) in [4.78, 5) is 0. The van der Waals surface area contributed by atoms with E-state index >= 15 is 0 Å². The van der Waals surface area contributed by atoms with Gasteiger partial charge in [-0.25, -0.2) is 5.53 Å². The Hall–Kier alpha value is -0.770. The molecular formula is C11H24N4. The second-order valence-corrected chi connectivity index (χ2v) is 4.14. The Kier molecular flexibility index (Phi) is 7.00. The average Bonchev–Trinajstić information content (AvgIpc) is 2.75. The Morgan fingerprint density at radius 2 is 1.67 bits per heavy atom. The molecule has 1 aliphatic rings. The first-order chi connectivity index (χ1) is 7.43. The van der Waals surface area contributed by atoms with Gasteiger partial charge in [0, 0.05) is 6.54 Å². The molecule has 0 radical (unpaired) electrons. The van der Waals surface area contributed by atoms with Crippen molar-refractivity contribution in [3.8, 4) is 0 Å². The minimum atomic E-state index is 1.05. The topological polar surface area (TPSA) is 39.7 Å². The number of unbranched alkanes of at least 4 members (excludes halogenated alkanes) is 7. The number of hydrogen-bond donors (Lipinski definition) is 2. The van der Waals surface area contributed by atoms with Gasteiger partial charge in [-0.2, -0.15) is 5.10 Å². The van der Waals surface area contributed by atoms with E-state index in [1.165, 1.54) is 51.4 Å². The van der Waals surface area contributed by atoms with E-state index in [9.17, 15) is 0 Å². The summed E-state index contributed by atoms with van der Waals surface area (Å²) in [5, 5.41) is 5.84. The molecule has 0 bridgehead atoms. The van der Waals surface area contributed by atoms with E-state index < -0.39 is 0 Å². The molecular weight excluding hydrogens is 188 g/mol. The molecule has 0 atom stereocenters. The molecule has 0 saturated heterocycles. The van der Waals surface area contributed by atoms with Crippen LogP contribution in [-0.2, 0) is 0 Å². The quantitative estimate of drug-likeness (QED) is 0.576. The molecule has 0 amide bonds. The molecule has 88 valence electrons. The van der Waals surface area contributed by atoms with Crippen LogP contribution in [0.2, 0.25) is 0 Å². The van der Waals surface area contributed by atoms with Gasteiger partial charge in [0.15, 0.2) is 0 Å². The lowest BCUT2D eigenvalue weighted by Gasteiger charge is -2.12. The monoisotopic (exact) mass is 212 g/mol. The fourth-order valence-corrected chi connectivity index (χ4v) is 1.75. The lowest BCUT2D eigenvalue weighted by atomic mass is 10.1. The second kappa shape index (κ2) is 8.53. The van der Waals surface area contributed by atoms with Gasteiger partial charge in [0.2, 0.25) is 0 Å². The summed E-state index contributed by atoms with van der Waals surface area (Å²) in [6.07, 6.45) is 12.7. The number of hydrogen-bond acceptors (Lipinski definition) is 4. The molecule has 0 spiro atoms. The average molecular weight is 212 g/mol. The van der Waals surface area contributed by atoms with Crippen molar-refractivity contribution >= 4 is 6.34 Å². The maximum absolute atomic E-state index is 3.85. The number of nitrogens with zero attached hydrogens (tertiary/aromatic N) is 2. The zero-order valence-corrected chi connectivity index (χ0v) is 9.84. The van der Waals surface area contributed by atoms with Gasteiger partial charge in [0.1, 0.15) is 6.34 Å². The van der Waals surface area contributed by atoms with E-state index in [1.54, 1.807) is 6.34 Å². The fraction of sp³-hybridized carbons (Fsp3) is 0.909. The van der Waals surface area contributed by atoms with Crippen LogP contribution in [0.1, 0.15) is 58.3 Å². The third-order valence-corrected chi connectivity index (χ3v) is 2.71. The minimum Gasteiger partial charge on any atom is -0.278 e. The van der Waals surface area contributed by atoms with Crippen LogP contribution in [0.5, 0.6) is 0 Å². The van der Waals surface area contributed by atoms with E-state index in [1.807, 2.05) is 5.01 Å². The standard InChI is InChI=1S/C11H24N4/c1-2-3-4-5-6-7-8-9-10-15-11-12-13-14-15/h11,13-14H,2-10H2,1H3. The van der Waals surface area contributed by atoms with Crippen LogP contribution in [0.3, 0.4) is 0 Å². The highest BCUT2D eigenvalue weighted by molar-refractivity contribution is 5.54. The Bertz CT molecular complexity index is 170. The molecule has 1 rings (SSSR count). The zero-order chi connectivity index (χ0) is 10.8. The molecule has 0 aromatic heterocycles. The highest BCUT2D eigenvalue weighted by atomic mass is 15.8. The van der Waals surface area contributed by atoms with E-state index in [0.717, 1.165) is 6.54 Å². The maximum atomic E-state index is 3.85. The van der Waals surface area contributed by atoms with E-state index in [0.29, 0.717) is 0 Å². The van der Waals surface area contributed by atoms with Crippen LogP contribution in [0.4, 0.5) is 0 Å². The van der Waals surface area contributed by atoms with Crippen molar-refractivity contribution in [2.45, 2.75) is 58.3 Å². The largest absolute Gasteiger partial charge is 0.278 e. The Labute approximate surface area is 93.0 Å². The Balaban J connectivity index is 1.75. The maximum Gasteiger partial charge on any atom is 0.128 e. The molecule has 4 heteroatoms. The molecule has 1 heterocycles. The zero-order valence-electron chi connectivity index (χ0n) is 9.84. The highest BCUT2D eigenvalue weighted by Gasteiger charge is 2.01. The van der Waals surface area contributed by atoms with Gasteiger partial charge >= 0.3 is 0 Å². The van der Waals surface area contributed by atoms with Crippen LogP contribution in [-0.4, -0.2) is 17.9 Å². The van der Waals surface area contributed by atoms with E-state index in [-0.39, 0.29) is 0 Å². The predicted octanol–water partition coefficient (Wildman–Crippen LogP) is 2.40. The van der Waals surface area contributed by atoms with Gasteiger partial charge in [0.25, 0.3) is 0 Å². The molecule has 0 unspecified atom stereocenters. The number of rotatable bonds is 9. The molecule has 2 N–H and O–H groups in total. The molecule has 0 saturated carbocycles. The van der Waals surface area contributed by atoms with Crippen LogP contribution >= 0.6 is 0 Å². The summed E-state index contributed by atoms with van der Waals surface area (Å²) in [6, 6.07) is 0. The van der Waals surface area contributed by atoms with Crippen molar-refractivity contribution in [2.75, 3.05) is 6.54 Å². The van der Waals surface area contributed by atoms with E-state index in [4.69, 9.17) is 0 Å². The van der Waals surface area contributed by atoms with Gasteiger partial charge in [0.05, 0.1) is 0 Å². The molecule has 15 heavy (non-hydrogen) atoms. The third-order valence-electron chi connectivity index (χ3n) is 2.71. The van der Waals surface area contributed by atoms with Gasteiger partial charge in [-0.05, 0) is 6.42 Å². The first-order valence-electron chi connectivity index (χ1n) is 6.24.